The largest absolute Gasteiger partial charge is 0.467 e. The summed E-state index contributed by atoms with van der Waals surface area (Å²) in [5, 5.41) is 6.49. The molecule has 1 aliphatic heterocycles. The Balaban J connectivity index is 0.00000180. The summed E-state index contributed by atoms with van der Waals surface area (Å²) in [6.07, 6.45) is 3.90. The van der Waals surface area contributed by atoms with E-state index in [1.54, 1.807) is 13.3 Å². The van der Waals surface area contributed by atoms with Crippen molar-refractivity contribution >= 4 is 29.9 Å². The van der Waals surface area contributed by atoms with Gasteiger partial charge in [-0.05, 0) is 31.9 Å². The van der Waals surface area contributed by atoms with Crippen molar-refractivity contribution in [1.29, 1.82) is 0 Å². The van der Waals surface area contributed by atoms with Crippen LogP contribution in [0.15, 0.2) is 27.8 Å². The second kappa shape index (κ2) is 7.74. The van der Waals surface area contributed by atoms with Gasteiger partial charge < -0.3 is 19.8 Å². The minimum absolute atomic E-state index is 0. The van der Waals surface area contributed by atoms with E-state index in [-0.39, 0.29) is 29.6 Å². The fraction of sp³-hybridized carbons (Fsp3) is 0.615. The number of halogens is 1. The van der Waals surface area contributed by atoms with Gasteiger partial charge in [-0.2, -0.15) is 0 Å². The number of nitrogens with one attached hydrogen (secondary N) is 2. The van der Waals surface area contributed by atoms with Crippen molar-refractivity contribution in [3.63, 3.8) is 0 Å². The lowest BCUT2D eigenvalue weighted by Crippen LogP contribution is -2.45. The van der Waals surface area contributed by atoms with Crippen molar-refractivity contribution in [2.45, 2.75) is 31.9 Å². The Morgan fingerprint density at radius 3 is 2.89 bits per heavy atom. The zero-order valence-corrected chi connectivity index (χ0v) is 13.8. The predicted octanol–water partition coefficient (Wildman–Crippen LogP) is 2.13. The number of furan rings is 1. The lowest BCUT2D eigenvalue weighted by molar-refractivity contribution is 0.0243. The Bertz CT molecular complexity index is 387. The van der Waals surface area contributed by atoms with Crippen LogP contribution < -0.4 is 10.6 Å². The summed E-state index contributed by atoms with van der Waals surface area (Å²) < 4.78 is 11.0. The summed E-state index contributed by atoms with van der Waals surface area (Å²) in [5.41, 5.74) is -0.0672. The van der Waals surface area contributed by atoms with Gasteiger partial charge in [0.15, 0.2) is 5.96 Å². The molecule has 1 fully saturated rings. The fourth-order valence-corrected chi connectivity index (χ4v) is 2.05. The number of hydrogen-bond acceptors (Lipinski definition) is 3. The highest BCUT2D eigenvalue weighted by Gasteiger charge is 2.29. The molecule has 19 heavy (non-hydrogen) atoms. The third-order valence-electron chi connectivity index (χ3n) is 3.16. The van der Waals surface area contributed by atoms with Gasteiger partial charge in [0.1, 0.15) is 5.76 Å². The first-order chi connectivity index (χ1) is 8.72. The van der Waals surface area contributed by atoms with Crippen LogP contribution in [0.5, 0.6) is 0 Å². The molecule has 0 radical (unpaired) electrons. The average molecular weight is 379 g/mol. The molecule has 2 rings (SSSR count). The molecule has 108 valence electrons. The maximum Gasteiger partial charge on any atom is 0.191 e. The Morgan fingerprint density at radius 1 is 1.47 bits per heavy atom. The summed E-state index contributed by atoms with van der Waals surface area (Å²) in [6.45, 7) is 4.39. The second-order valence-electron chi connectivity index (χ2n) is 4.76. The number of ether oxygens (including phenoxy) is 1. The number of guanidine groups is 1. The Labute approximate surface area is 131 Å². The topological polar surface area (TPSA) is 58.8 Å². The van der Waals surface area contributed by atoms with Gasteiger partial charge in [0.2, 0.25) is 0 Å². The van der Waals surface area contributed by atoms with Gasteiger partial charge in [0, 0.05) is 20.2 Å². The van der Waals surface area contributed by atoms with Crippen LogP contribution in [-0.2, 0) is 11.3 Å². The standard InChI is InChI=1S/C13H21N3O2.HI/c1-13(6-4-8-18-13)10-16-12(14-2)15-9-11-5-3-7-17-11;/h3,5,7H,4,6,8-10H2,1-2H3,(H2,14,15,16);1H. The molecule has 0 spiro atoms. The summed E-state index contributed by atoms with van der Waals surface area (Å²) in [5.74, 6) is 1.66. The van der Waals surface area contributed by atoms with Gasteiger partial charge >= 0.3 is 0 Å². The van der Waals surface area contributed by atoms with Gasteiger partial charge in [-0.3, -0.25) is 4.99 Å². The van der Waals surface area contributed by atoms with Crippen LogP contribution >= 0.6 is 24.0 Å². The van der Waals surface area contributed by atoms with E-state index in [1.165, 1.54) is 0 Å². The third-order valence-corrected chi connectivity index (χ3v) is 3.16. The molecule has 0 bridgehead atoms. The maximum absolute atomic E-state index is 5.72. The predicted molar refractivity (Wildman–Crippen MR) is 85.9 cm³/mol. The lowest BCUT2D eigenvalue weighted by Gasteiger charge is -2.24. The van der Waals surface area contributed by atoms with E-state index in [1.807, 2.05) is 12.1 Å². The molecule has 1 saturated heterocycles. The fourth-order valence-electron chi connectivity index (χ4n) is 2.05. The Morgan fingerprint density at radius 2 is 2.32 bits per heavy atom. The van der Waals surface area contributed by atoms with Crippen molar-refractivity contribution in [3.8, 4) is 0 Å². The highest BCUT2D eigenvalue weighted by Crippen LogP contribution is 2.23. The van der Waals surface area contributed by atoms with Gasteiger partial charge in [0.25, 0.3) is 0 Å². The third kappa shape index (κ3) is 5.02. The monoisotopic (exact) mass is 379 g/mol. The van der Waals surface area contributed by atoms with Crippen LogP contribution in [0.2, 0.25) is 0 Å². The molecular formula is C13H22IN3O2. The average Bonchev–Trinajstić information content (AvgIpc) is 3.01. The lowest BCUT2D eigenvalue weighted by atomic mass is 10.0. The van der Waals surface area contributed by atoms with Crippen LogP contribution in [0.1, 0.15) is 25.5 Å². The number of hydrogen-bond donors (Lipinski definition) is 2. The van der Waals surface area contributed by atoms with Crippen molar-refractivity contribution < 1.29 is 9.15 Å². The van der Waals surface area contributed by atoms with E-state index in [0.29, 0.717) is 6.54 Å². The molecule has 0 aliphatic carbocycles. The van der Waals surface area contributed by atoms with E-state index in [9.17, 15) is 0 Å². The number of aliphatic imine (C=N–C) groups is 1. The van der Waals surface area contributed by atoms with Crippen LogP contribution in [0.3, 0.4) is 0 Å². The molecule has 1 atom stereocenters. The van der Waals surface area contributed by atoms with Crippen molar-refractivity contribution in [2.24, 2.45) is 4.99 Å². The molecule has 6 heteroatoms. The highest BCUT2D eigenvalue weighted by molar-refractivity contribution is 14.0. The van der Waals surface area contributed by atoms with Crippen molar-refractivity contribution in [2.75, 3.05) is 20.2 Å². The van der Waals surface area contributed by atoms with Gasteiger partial charge in [-0.15, -0.1) is 24.0 Å². The quantitative estimate of drug-likeness (QED) is 0.478. The molecule has 1 aliphatic rings. The first kappa shape index (κ1) is 16.3. The van der Waals surface area contributed by atoms with Gasteiger partial charge in [-0.25, -0.2) is 0 Å². The van der Waals surface area contributed by atoms with E-state index < -0.39 is 0 Å². The summed E-state index contributed by atoms with van der Waals surface area (Å²) in [4.78, 5) is 4.18. The first-order valence-electron chi connectivity index (χ1n) is 6.33. The molecule has 0 aromatic carbocycles. The summed E-state index contributed by atoms with van der Waals surface area (Å²) in [7, 11) is 1.76. The molecule has 0 saturated carbocycles. The van der Waals surface area contributed by atoms with Crippen LogP contribution in [-0.4, -0.2) is 31.8 Å². The highest BCUT2D eigenvalue weighted by atomic mass is 127. The van der Waals surface area contributed by atoms with E-state index >= 15 is 0 Å². The van der Waals surface area contributed by atoms with Crippen LogP contribution in [0.4, 0.5) is 0 Å². The Hall–Kier alpha value is -0.760. The Kier molecular flexibility index (Phi) is 6.64. The molecule has 2 N–H and O–H groups in total. The zero-order chi connectivity index (χ0) is 12.8. The maximum atomic E-state index is 5.72. The second-order valence-corrected chi connectivity index (χ2v) is 4.76. The SMILES string of the molecule is CN=C(NCc1ccco1)NCC1(C)CCCO1.I. The first-order valence-corrected chi connectivity index (χ1v) is 6.33. The number of nitrogens with zero attached hydrogens (tertiary/aromatic N) is 1. The van der Waals surface area contributed by atoms with E-state index in [2.05, 4.69) is 22.5 Å². The van der Waals surface area contributed by atoms with Crippen molar-refractivity contribution in [1.82, 2.24) is 10.6 Å². The van der Waals surface area contributed by atoms with Gasteiger partial charge in [-0.1, -0.05) is 0 Å². The minimum atomic E-state index is -0.0672. The minimum Gasteiger partial charge on any atom is -0.467 e. The summed E-state index contributed by atoms with van der Waals surface area (Å²) in [6, 6.07) is 3.81. The zero-order valence-electron chi connectivity index (χ0n) is 11.4. The molecule has 5 nitrogen and oxygen atoms in total. The van der Waals surface area contributed by atoms with Gasteiger partial charge in [0.05, 0.1) is 18.4 Å². The van der Waals surface area contributed by atoms with E-state index in [0.717, 1.165) is 37.7 Å². The van der Waals surface area contributed by atoms with Crippen LogP contribution in [0, 0.1) is 0 Å². The molecule has 0 amide bonds. The molecule has 2 heterocycles. The molecule has 1 aromatic rings. The normalized spacial score (nSPS) is 22.9. The summed E-state index contributed by atoms with van der Waals surface area (Å²) >= 11 is 0. The smallest absolute Gasteiger partial charge is 0.191 e. The molecule has 1 aromatic heterocycles. The van der Waals surface area contributed by atoms with Crippen LogP contribution in [0.25, 0.3) is 0 Å². The molecular weight excluding hydrogens is 357 g/mol. The van der Waals surface area contributed by atoms with E-state index in [4.69, 9.17) is 9.15 Å². The van der Waals surface area contributed by atoms with Crippen molar-refractivity contribution in [3.05, 3.63) is 24.2 Å². The number of rotatable bonds is 4. The molecule has 1 unspecified atom stereocenters.